The number of nitrogens with one attached hydrogen (secondary N) is 1. The average molecular weight is 591 g/mol. The third kappa shape index (κ3) is 4.16. The van der Waals surface area contributed by atoms with Gasteiger partial charge in [0.25, 0.3) is 5.91 Å². The maximum Gasteiger partial charge on any atom is 0.355 e. The number of H-pyrrole nitrogens is 1. The van der Waals surface area contributed by atoms with E-state index in [1.165, 1.54) is 24.3 Å². The number of amides is 4. The van der Waals surface area contributed by atoms with Crippen molar-refractivity contribution in [3.63, 3.8) is 0 Å². The van der Waals surface area contributed by atoms with Gasteiger partial charge < -0.3 is 15.8 Å². The summed E-state index contributed by atoms with van der Waals surface area (Å²) in [5.74, 6) is -3.25. The second kappa shape index (κ2) is 9.37. The van der Waals surface area contributed by atoms with E-state index in [0.29, 0.717) is 38.5 Å². The van der Waals surface area contributed by atoms with Crippen molar-refractivity contribution in [3.05, 3.63) is 87.7 Å². The number of aliphatic hydroxyl groups is 1. The summed E-state index contributed by atoms with van der Waals surface area (Å²) in [6.45, 7) is 3.31. The number of rotatable bonds is 4. The number of fused-ring (bicyclic) bond motifs is 4. The number of hydrogen-bond donors (Lipinski definition) is 3. The Bertz CT molecular complexity index is 1950. The summed E-state index contributed by atoms with van der Waals surface area (Å²) < 4.78 is 14.3. The molecule has 4 aromatic rings. The van der Waals surface area contributed by atoms with Crippen molar-refractivity contribution in [2.45, 2.75) is 19.4 Å². The quantitative estimate of drug-likeness (QED) is 0.248. The number of aliphatic imine (C=N–C) groups is 1. The van der Waals surface area contributed by atoms with Crippen LogP contribution in [-0.4, -0.2) is 33.6 Å². The van der Waals surface area contributed by atoms with Gasteiger partial charge in [0, 0.05) is 27.4 Å². The summed E-state index contributed by atoms with van der Waals surface area (Å²) in [4.78, 5) is 46.6. The summed E-state index contributed by atoms with van der Waals surface area (Å²) in [5.41, 5.74) is 6.93. The first kappa shape index (κ1) is 26.9. The molecule has 41 heavy (non-hydrogen) atoms. The van der Waals surface area contributed by atoms with Crippen molar-refractivity contribution in [1.29, 1.82) is 0 Å². The molecule has 2 heterocycles. The lowest BCUT2D eigenvalue weighted by molar-refractivity contribution is -0.118. The van der Waals surface area contributed by atoms with E-state index >= 15 is 0 Å². The number of nitrogens with two attached hydrogens (primary N) is 1. The van der Waals surface area contributed by atoms with Gasteiger partial charge in [0.2, 0.25) is 5.91 Å². The Morgan fingerprint density at radius 3 is 2.63 bits per heavy atom. The average Bonchev–Trinajstić information content (AvgIpc) is 3.28. The van der Waals surface area contributed by atoms with Crippen LogP contribution in [0.1, 0.15) is 29.8 Å². The number of allylic oxidation sites excluding steroid dienone is 3. The molecule has 0 saturated heterocycles. The highest BCUT2D eigenvalue weighted by atomic mass is 35.5. The number of aromatic nitrogens is 1. The molecule has 0 bridgehead atoms. The third-order valence-electron chi connectivity index (χ3n) is 7.27. The van der Waals surface area contributed by atoms with E-state index in [1.807, 2.05) is 0 Å². The van der Waals surface area contributed by atoms with Crippen molar-refractivity contribution in [2.24, 2.45) is 16.6 Å². The van der Waals surface area contributed by atoms with Gasteiger partial charge in [-0.15, -0.1) is 0 Å². The maximum absolute atomic E-state index is 14.3. The van der Waals surface area contributed by atoms with Crippen LogP contribution < -0.4 is 10.6 Å². The number of carbonyl (C=O) groups excluding carboxylic acids is 3. The molecule has 1 aliphatic carbocycles. The van der Waals surface area contributed by atoms with Gasteiger partial charge in [0.05, 0.1) is 38.1 Å². The molecule has 2 aliphatic rings. The Hall–Kier alpha value is -4.31. The SMILES string of the molecule is CC(C)(O)c1ccc2c(c1)[nH]c1c(C(N)=O)cc(Cl)c(-c3cccc(N4C(=O)N=C5C(F)=CC=CC5C4=O)c3Cl)c12. The van der Waals surface area contributed by atoms with Crippen molar-refractivity contribution >= 4 is 74.3 Å². The first-order valence-electron chi connectivity index (χ1n) is 12.5. The van der Waals surface area contributed by atoms with Gasteiger partial charge in [-0.25, -0.2) is 14.1 Å². The number of aromatic amines is 1. The molecule has 0 radical (unpaired) electrons. The monoisotopic (exact) mass is 590 g/mol. The van der Waals surface area contributed by atoms with Crippen LogP contribution in [0.5, 0.6) is 0 Å². The first-order chi connectivity index (χ1) is 19.4. The number of anilines is 1. The molecule has 206 valence electrons. The fourth-order valence-corrected chi connectivity index (χ4v) is 5.89. The molecule has 0 spiro atoms. The summed E-state index contributed by atoms with van der Waals surface area (Å²) in [7, 11) is 0. The van der Waals surface area contributed by atoms with Gasteiger partial charge >= 0.3 is 6.03 Å². The van der Waals surface area contributed by atoms with Crippen LogP contribution in [0.2, 0.25) is 10.0 Å². The smallest absolute Gasteiger partial charge is 0.355 e. The van der Waals surface area contributed by atoms with Crippen molar-refractivity contribution in [2.75, 3.05) is 4.90 Å². The van der Waals surface area contributed by atoms with E-state index in [2.05, 4.69) is 9.98 Å². The molecule has 0 saturated carbocycles. The standard InChI is InChI=1S/C30H21Cl2FN4O4/c1-30(2,41)13-9-10-14-20(11-13)35-26-17(27(34)38)12-18(31)22(23(14)26)15-5-4-8-21(24(15)32)37-28(39)16-6-3-7-19(33)25(16)36-29(37)40/h3-12,16,35,41H,1-2H3,(H2,34,38). The molecule has 1 aromatic heterocycles. The fraction of sp³-hybridized carbons (Fsp3) is 0.133. The zero-order valence-electron chi connectivity index (χ0n) is 21.6. The molecular weight excluding hydrogens is 570 g/mol. The topological polar surface area (TPSA) is 129 Å². The van der Waals surface area contributed by atoms with Crippen LogP contribution in [0.3, 0.4) is 0 Å². The molecule has 1 aliphatic heterocycles. The minimum absolute atomic E-state index is 0.0149. The summed E-state index contributed by atoms with van der Waals surface area (Å²) in [6, 6.07) is 10.5. The number of carbonyl (C=O) groups is 3. The number of hydrogen-bond acceptors (Lipinski definition) is 4. The highest BCUT2D eigenvalue weighted by Gasteiger charge is 2.40. The second-order valence-electron chi connectivity index (χ2n) is 10.3. The lowest BCUT2D eigenvalue weighted by atomic mass is 9.93. The van der Waals surface area contributed by atoms with E-state index in [9.17, 15) is 23.9 Å². The zero-order chi connectivity index (χ0) is 29.4. The van der Waals surface area contributed by atoms with Gasteiger partial charge in [-0.1, -0.05) is 59.6 Å². The Morgan fingerprint density at radius 2 is 1.93 bits per heavy atom. The second-order valence-corrected chi connectivity index (χ2v) is 11.1. The molecule has 3 aromatic carbocycles. The number of urea groups is 1. The van der Waals surface area contributed by atoms with Crippen molar-refractivity contribution in [3.8, 4) is 11.1 Å². The molecule has 0 fully saturated rings. The number of benzene rings is 3. The van der Waals surface area contributed by atoms with Gasteiger partial charge in [0.1, 0.15) is 11.7 Å². The van der Waals surface area contributed by atoms with Crippen molar-refractivity contribution < 1.29 is 23.9 Å². The summed E-state index contributed by atoms with van der Waals surface area (Å²) in [6.07, 6.45) is 3.98. The Labute approximate surface area is 242 Å². The lowest BCUT2D eigenvalue weighted by Crippen LogP contribution is -2.47. The fourth-order valence-electron chi connectivity index (χ4n) is 5.28. The van der Waals surface area contributed by atoms with E-state index in [4.69, 9.17) is 28.9 Å². The van der Waals surface area contributed by atoms with E-state index in [-0.39, 0.29) is 27.0 Å². The first-order valence-corrected chi connectivity index (χ1v) is 13.2. The van der Waals surface area contributed by atoms with Crippen molar-refractivity contribution in [1.82, 2.24) is 4.98 Å². The van der Waals surface area contributed by atoms with Gasteiger partial charge in [-0.05, 0) is 43.7 Å². The van der Waals surface area contributed by atoms with Gasteiger partial charge in [-0.2, -0.15) is 4.99 Å². The molecule has 6 rings (SSSR count). The largest absolute Gasteiger partial charge is 0.386 e. The molecule has 11 heteroatoms. The third-order valence-corrected chi connectivity index (χ3v) is 7.96. The maximum atomic E-state index is 14.3. The van der Waals surface area contributed by atoms with E-state index in [1.54, 1.807) is 44.2 Å². The molecule has 1 unspecified atom stereocenters. The normalized spacial score (nSPS) is 17.2. The Balaban J connectivity index is 1.60. The number of halogens is 3. The highest BCUT2D eigenvalue weighted by molar-refractivity contribution is 6.42. The molecule has 4 amide bonds. The lowest BCUT2D eigenvalue weighted by Gasteiger charge is -2.29. The van der Waals surface area contributed by atoms with E-state index in [0.717, 1.165) is 11.0 Å². The summed E-state index contributed by atoms with van der Waals surface area (Å²) in [5, 5.41) is 11.9. The minimum atomic E-state index is -1.13. The predicted octanol–water partition coefficient (Wildman–Crippen LogP) is 6.57. The van der Waals surface area contributed by atoms with Crippen LogP contribution in [-0.2, 0) is 10.4 Å². The zero-order valence-corrected chi connectivity index (χ0v) is 23.1. The predicted molar refractivity (Wildman–Crippen MR) is 157 cm³/mol. The number of nitrogens with zero attached hydrogens (tertiary/aromatic N) is 2. The number of primary amides is 1. The molecular formula is C30H21Cl2FN4O4. The molecule has 4 N–H and O–H groups in total. The highest BCUT2D eigenvalue weighted by Crippen LogP contribution is 2.46. The van der Waals surface area contributed by atoms with Crippen LogP contribution in [0.4, 0.5) is 14.9 Å². The summed E-state index contributed by atoms with van der Waals surface area (Å²) >= 11 is 13.7. The van der Waals surface area contributed by atoms with Gasteiger partial charge in [-0.3, -0.25) is 9.59 Å². The number of imide groups is 1. The Morgan fingerprint density at radius 1 is 1.17 bits per heavy atom. The van der Waals surface area contributed by atoms with Crippen LogP contribution >= 0.6 is 23.2 Å². The molecule has 8 nitrogen and oxygen atoms in total. The van der Waals surface area contributed by atoms with Crippen LogP contribution in [0.25, 0.3) is 32.9 Å². The minimum Gasteiger partial charge on any atom is -0.386 e. The Kier molecular flexibility index (Phi) is 6.15. The van der Waals surface area contributed by atoms with E-state index < -0.39 is 35.2 Å². The van der Waals surface area contributed by atoms with Crippen LogP contribution in [0.15, 0.2) is 71.5 Å². The van der Waals surface area contributed by atoms with Crippen LogP contribution in [0, 0.1) is 5.92 Å². The molecule has 1 atom stereocenters. The van der Waals surface area contributed by atoms with Gasteiger partial charge in [0.15, 0.2) is 0 Å².